The van der Waals surface area contributed by atoms with Crippen LogP contribution >= 0.6 is 11.3 Å². The Morgan fingerprint density at radius 3 is 3.06 bits per heavy atom. The minimum atomic E-state index is 0.343. The van der Waals surface area contributed by atoms with Gasteiger partial charge in [-0.1, -0.05) is 6.92 Å². The van der Waals surface area contributed by atoms with Crippen molar-refractivity contribution in [1.29, 1.82) is 0 Å². The van der Waals surface area contributed by atoms with Crippen LogP contribution in [-0.4, -0.2) is 29.4 Å². The molecule has 0 spiro atoms. The fraction of sp³-hybridized carbons (Fsp3) is 0.643. The van der Waals surface area contributed by atoms with Crippen LogP contribution in [0.25, 0.3) is 0 Å². The van der Waals surface area contributed by atoms with Gasteiger partial charge in [-0.2, -0.15) is 0 Å². The Hall–Kier alpha value is -0.870. The van der Waals surface area contributed by atoms with E-state index in [9.17, 15) is 4.79 Å². The molecule has 3 rings (SSSR count). The molecule has 2 saturated heterocycles. The molecule has 2 fully saturated rings. The zero-order chi connectivity index (χ0) is 12.5. The van der Waals surface area contributed by atoms with Crippen molar-refractivity contribution in [1.82, 2.24) is 10.2 Å². The average molecular weight is 264 g/mol. The van der Waals surface area contributed by atoms with E-state index >= 15 is 0 Å². The Balaban J connectivity index is 1.58. The predicted octanol–water partition coefficient (Wildman–Crippen LogP) is 2.16. The third-order valence-electron chi connectivity index (χ3n) is 4.08. The van der Waals surface area contributed by atoms with Gasteiger partial charge in [-0.3, -0.25) is 4.79 Å². The summed E-state index contributed by atoms with van der Waals surface area (Å²) >= 11 is 1.88. The fourth-order valence-electron chi connectivity index (χ4n) is 3.11. The van der Waals surface area contributed by atoms with E-state index in [0.717, 1.165) is 19.5 Å². The highest BCUT2D eigenvalue weighted by atomic mass is 32.1. The second-order valence-corrected chi connectivity index (χ2v) is 6.46. The van der Waals surface area contributed by atoms with Crippen molar-refractivity contribution in [2.45, 2.75) is 51.2 Å². The van der Waals surface area contributed by atoms with Crippen molar-refractivity contribution >= 4 is 17.2 Å². The summed E-state index contributed by atoms with van der Waals surface area (Å²) in [5.41, 5.74) is 0. The van der Waals surface area contributed by atoms with E-state index in [4.69, 9.17) is 0 Å². The first-order chi connectivity index (χ1) is 8.78. The van der Waals surface area contributed by atoms with Crippen LogP contribution in [0.2, 0.25) is 0 Å². The van der Waals surface area contributed by atoms with Crippen LogP contribution in [0.5, 0.6) is 0 Å². The quantitative estimate of drug-likeness (QED) is 0.904. The van der Waals surface area contributed by atoms with Crippen molar-refractivity contribution < 1.29 is 4.79 Å². The van der Waals surface area contributed by atoms with Crippen LogP contribution in [0, 0.1) is 0 Å². The molecule has 2 aliphatic rings. The summed E-state index contributed by atoms with van der Waals surface area (Å²) in [6, 6.07) is 5.25. The van der Waals surface area contributed by atoms with E-state index in [0.29, 0.717) is 24.4 Å². The molecule has 0 radical (unpaired) electrons. The molecule has 0 aromatic carbocycles. The highest BCUT2D eigenvalue weighted by Crippen LogP contribution is 2.29. The molecule has 3 nitrogen and oxygen atoms in total. The number of nitrogens with zero attached hydrogens (tertiary/aromatic N) is 1. The molecule has 0 aliphatic carbocycles. The molecule has 2 aliphatic heterocycles. The summed E-state index contributed by atoms with van der Waals surface area (Å²) in [4.78, 5) is 16.7. The van der Waals surface area contributed by atoms with Crippen molar-refractivity contribution in [2.75, 3.05) is 6.54 Å². The number of nitrogens with one attached hydrogen (secondary N) is 1. The van der Waals surface area contributed by atoms with Gasteiger partial charge in [0, 0.05) is 41.3 Å². The number of hydrogen-bond acceptors (Lipinski definition) is 3. The highest BCUT2D eigenvalue weighted by Gasteiger charge is 2.41. The maximum absolute atomic E-state index is 11.8. The zero-order valence-corrected chi connectivity index (χ0v) is 11.6. The first-order valence-electron chi connectivity index (χ1n) is 6.88. The van der Waals surface area contributed by atoms with Gasteiger partial charge in [0.1, 0.15) is 0 Å². The third-order valence-corrected chi connectivity index (χ3v) is 5.31. The number of hydrogen-bond donors (Lipinski definition) is 1. The summed E-state index contributed by atoms with van der Waals surface area (Å²) in [5, 5.41) is 3.59. The van der Waals surface area contributed by atoms with Gasteiger partial charge in [0.15, 0.2) is 0 Å². The molecule has 0 bridgehead atoms. The SMILES string of the molecule is CCc1ccc(CNC2CC(=O)N3CCCC23)s1. The highest BCUT2D eigenvalue weighted by molar-refractivity contribution is 7.11. The molecule has 2 atom stereocenters. The largest absolute Gasteiger partial charge is 0.338 e. The zero-order valence-electron chi connectivity index (χ0n) is 10.8. The van der Waals surface area contributed by atoms with Crippen molar-refractivity contribution in [2.24, 2.45) is 0 Å². The van der Waals surface area contributed by atoms with Crippen LogP contribution in [0.3, 0.4) is 0 Å². The van der Waals surface area contributed by atoms with Crippen molar-refractivity contribution in [3.8, 4) is 0 Å². The second-order valence-electron chi connectivity index (χ2n) is 5.21. The summed E-state index contributed by atoms with van der Waals surface area (Å²) in [5.74, 6) is 0.343. The van der Waals surface area contributed by atoms with E-state index in [2.05, 4.69) is 29.3 Å². The lowest BCUT2D eigenvalue weighted by Crippen LogP contribution is -2.38. The van der Waals surface area contributed by atoms with Gasteiger partial charge in [-0.25, -0.2) is 0 Å². The number of thiophene rings is 1. The summed E-state index contributed by atoms with van der Waals surface area (Å²) in [6.45, 7) is 4.07. The second kappa shape index (κ2) is 5.02. The molecule has 1 amide bonds. The van der Waals surface area contributed by atoms with Crippen LogP contribution in [-0.2, 0) is 17.8 Å². The van der Waals surface area contributed by atoms with E-state index in [1.54, 1.807) is 0 Å². The number of carbonyl (C=O) groups is 1. The third kappa shape index (κ3) is 2.19. The van der Waals surface area contributed by atoms with Gasteiger partial charge in [0.25, 0.3) is 0 Å². The number of fused-ring (bicyclic) bond motifs is 1. The standard InChI is InChI=1S/C14H20N2OS/c1-2-10-5-6-11(18-10)9-15-12-8-14(17)16-7-3-4-13(12)16/h5-6,12-13,15H,2-4,7-9H2,1H3. The fourth-order valence-corrected chi connectivity index (χ4v) is 4.02. The van der Waals surface area contributed by atoms with Crippen LogP contribution in [0.4, 0.5) is 0 Å². The minimum Gasteiger partial charge on any atom is -0.338 e. The van der Waals surface area contributed by atoms with Crippen LogP contribution < -0.4 is 5.32 Å². The maximum atomic E-state index is 11.8. The Morgan fingerprint density at radius 2 is 2.28 bits per heavy atom. The number of rotatable bonds is 4. The lowest BCUT2D eigenvalue weighted by atomic mass is 10.1. The predicted molar refractivity (Wildman–Crippen MR) is 73.7 cm³/mol. The molecule has 18 heavy (non-hydrogen) atoms. The maximum Gasteiger partial charge on any atom is 0.224 e. The van der Waals surface area contributed by atoms with E-state index in [1.165, 1.54) is 22.6 Å². The first-order valence-corrected chi connectivity index (χ1v) is 7.70. The molecule has 1 aromatic rings. The topological polar surface area (TPSA) is 32.3 Å². The van der Waals surface area contributed by atoms with Gasteiger partial charge >= 0.3 is 0 Å². The van der Waals surface area contributed by atoms with E-state index in [-0.39, 0.29) is 0 Å². The molecule has 3 heterocycles. The molecular formula is C14H20N2OS. The van der Waals surface area contributed by atoms with Gasteiger partial charge in [0.05, 0.1) is 0 Å². The van der Waals surface area contributed by atoms with Crippen molar-refractivity contribution in [3.63, 3.8) is 0 Å². The molecule has 1 N–H and O–H groups in total. The van der Waals surface area contributed by atoms with Gasteiger partial charge < -0.3 is 10.2 Å². The Kier molecular flexibility index (Phi) is 3.39. The molecule has 1 aromatic heterocycles. The summed E-state index contributed by atoms with van der Waals surface area (Å²) in [7, 11) is 0. The molecular weight excluding hydrogens is 244 g/mol. The number of carbonyl (C=O) groups excluding carboxylic acids is 1. The van der Waals surface area contributed by atoms with E-state index in [1.807, 2.05) is 11.3 Å². The smallest absolute Gasteiger partial charge is 0.224 e. The van der Waals surface area contributed by atoms with Gasteiger partial charge in [-0.05, 0) is 31.4 Å². The Morgan fingerprint density at radius 1 is 1.44 bits per heavy atom. The van der Waals surface area contributed by atoms with Crippen LogP contribution in [0.1, 0.15) is 35.9 Å². The minimum absolute atomic E-state index is 0.343. The first kappa shape index (κ1) is 12.2. The summed E-state index contributed by atoms with van der Waals surface area (Å²) in [6.07, 6.45) is 4.15. The van der Waals surface area contributed by atoms with Gasteiger partial charge in [0.2, 0.25) is 5.91 Å². The Labute approximate surface area is 112 Å². The normalized spacial score (nSPS) is 26.9. The Bertz CT molecular complexity index is 443. The van der Waals surface area contributed by atoms with Crippen LogP contribution in [0.15, 0.2) is 12.1 Å². The van der Waals surface area contributed by atoms with Gasteiger partial charge in [-0.15, -0.1) is 11.3 Å². The molecule has 98 valence electrons. The molecule has 0 saturated carbocycles. The monoisotopic (exact) mass is 264 g/mol. The average Bonchev–Trinajstić information content (AvgIpc) is 3.05. The molecule has 2 unspecified atom stereocenters. The lowest BCUT2D eigenvalue weighted by Gasteiger charge is -2.20. The molecule has 4 heteroatoms. The van der Waals surface area contributed by atoms with E-state index < -0.39 is 0 Å². The lowest BCUT2D eigenvalue weighted by molar-refractivity contribution is -0.127. The number of amides is 1. The van der Waals surface area contributed by atoms with Crippen molar-refractivity contribution in [3.05, 3.63) is 21.9 Å². The number of aryl methyl sites for hydroxylation is 1. The summed E-state index contributed by atoms with van der Waals surface area (Å²) < 4.78 is 0.